The summed E-state index contributed by atoms with van der Waals surface area (Å²) >= 11 is 7.37. The molecule has 0 bridgehead atoms. The molecule has 0 amide bonds. The predicted molar refractivity (Wildman–Crippen MR) is 106 cm³/mol. The van der Waals surface area contributed by atoms with Crippen molar-refractivity contribution in [2.75, 3.05) is 11.1 Å². The van der Waals surface area contributed by atoms with Gasteiger partial charge in [-0.2, -0.15) is 15.0 Å². The molecule has 10 heteroatoms. The second kappa shape index (κ2) is 8.10. The fourth-order valence-electron chi connectivity index (χ4n) is 3.05. The van der Waals surface area contributed by atoms with E-state index >= 15 is 0 Å². The Bertz CT molecular complexity index is 908. The van der Waals surface area contributed by atoms with E-state index in [0.717, 1.165) is 11.5 Å². The number of halogens is 1. The van der Waals surface area contributed by atoms with Gasteiger partial charge in [-0.15, -0.1) is 5.10 Å². The summed E-state index contributed by atoms with van der Waals surface area (Å²) in [5.41, 5.74) is 6.64. The van der Waals surface area contributed by atoms with Gasteiger partial charge in [-0.1, -0.05) is 36.2 Å². The summed E-state index contributed by atoms with van der Waals surface area (Å²) in [5.74, 6) is 3.12. The lowest BCUT2D eigenvalue weighted by Crippen LogP contribution is -2.06. The summed E-state index contributed by atoms with van der Waals surface area (Å²) in [4.78, 5) is 17.3. The molecule has 4 rings (SSSR count). The van der Waals surface area contributed by atoms with Crippen LogP contribution in [0.3, 0.4) is 0 Å². The highest BCUT2D eigenvalue weighted by molar-refractivity contribution is 7.98. The fourth-order valence-corrected chi connectivity index (χ4v) is 3.84. The minimum atomic E-state index is 0.165. The molecule has 140 valence electrons. The van der Waals surface area contributed by atoms with Crippen molar-refractivity contribution < 1.29 is 0 Å². The summed E-state index contributed by atoms with van der Waals surface area (Å²) in [5, 5.41) is 11.8. The second-order valence-electron chi connectivity index (χ2n) is 6.34. The minimum Gasteiger partial charge on any atom is -0.368 e. The largest absolute Gasteiger partial charge is 0.368 e. The monoisotopic (exact) mass is 402 g/mol. The number of nitrogen functional groups attached to an aromatic ring is 1. The molecular weight excluding hydrogens is 384 g/mol. The molecule has 0 spiro atoms. The Balaban J connectivity index is 1.41. The zero-order valence-corrected chi connectivity index (χ0v) is 16.1. The summed E-state index contributed by atoms with van der Waals surface area (Å²) in [6.07, 6.45) is 4.90. The van der Waals surface area contributed by atoms with E-state index in [1.54, 1.807) is 12.1 Å². The Morgan fingerprint density at radius 3 is 2.67 bits per heavy atom. The lowest BCUT2D eigenvalue weighted by atomic mass is 10.1. The number of aromatic amines is 1. The van der Waals surface area contributed by atoms with Crippen molar-refractivity contribution in [3.05, 3.63) is 40.9 Å². The molecule has 0 radical (unpaired) electrons. The molecular formula is C17H19ClN8S. The summed E-state index contributed by atoms with van der Waals surface area (Å²) < 4.78 is 0. The molecule has 1 fully saturated rings. The number of H-pyrrole nitrogens is 1. The first kappa shape index (κ1) is 18.0. The number of hydrogen-bond donors (Lipinski definition) is 3. The number of aromatic nitrogens is 6. The lowest BCUT2D eigenvalue weighted by molar-refractivity contribution is 0.671. The highest BCUT2D eigenvalue weighted by atomic mass is 35.5. The van der Waals surface area contributed by atoms with Crippen LogP contribution in [0.5, 0.6) is 0 Å². The SMILES string of the molecule is Nc1nc(CSc2n[nH]c(C3CCCC3)n2)nc(Nc2ccc(Cl)cc2)n1. The number of nitrogens with two attached hydrogens (primary N) is 1. The fraction of sp³-hybridized carbons (Fsp3) is 0.353. The normalized spacial score (nSPS) is 14.6. The Morgan fingerprint density at radius 2 is 1.89 bits per heavy atom. The van der Waals surface area contributed by atoms with E-state index in [4.69, 9.17) is 17.3 Å². The van der Waals surface area contributed by atoms with Crippen LogP contribution in [0.15, 0.2) is 29.4 Å². The molecule has 2 heterocycles. The van der Waals surface area contributed by atoms with Gasteiger partial charge in [-0.3, -0.25) is 5.10 Å². The van der Waals surface area contributed by atoms with Crippen LogP contribution in [0.1, 0.15) is 43.3 Å². The van der Waals surface area contributed by atoms with Gasteiger partial charge >= 0.3 is 0 Å². The van der Waals surface area contributed by atoms with Crippen LogP contribution in [0, 0.1) is 0 Å². The van der Waals surface area contributed by atoms with Crippen LogP contribution < -0.4 is 11.1 Å². The summed E-state index contributed by atoms with van der Waals surface area (Å²) in [6.45, 7) is 0. The molecule has 0 atom stereocenters. The zero-order valence-electron chi connectivity index (χ0n) is 14.5. The molecule has 0 unspecified atom stereocenters. The van der Waals surface area contributed by atoms with Crippen LogP contribution in [0.4, 0.5) is 17.6 Å². The van der Waals surface area contributed by atoms with Gasteiger partial charge in [0.2, 0.25) is 17.1 Å². The van der Waals surface area contributed by atoms with Gasteiger partial charge in [0.1, 0.15) is 11.6 Å². The van der Waals surface area contributed by atoms with Crippen molar-refractivity contribution >= 4 is 40.9 Å². The average Bonchev–Trinajstić information content (AvgIpc) is 3.33. The molecule has 1 saturated carbocycles. The minimum absolute atomic E-state index is 0.165. The van der Waals surface area contributed by atoms with E-state index in [2.05, 4.69) is 35.5 Å². The Hall–Kier alpha value is -2.39. The van der Waals surface area contributed by atoms with Crippen molar-refractivity contribution in [1.29, 1.82) is 0 Å². The van der Waals surface area contributed by atoms with Gasteiger partial charge in [-0.05, 0) is 37.1 Å². The number of benzene rings is 1. The maximum Gasteiger partial charge on any atom is 0.232 e. The zero-order chi connectivity index (χ0) is 18.6. The number of rotatable bonds is 6. The first-order chi connectivity index (χ1) is 13.2. The topological polar surface area (TPSA) is 118 Å². The lowest BCUT2D eigenvalue weighted by Gasteiger charge is -2.07. The number of nitrogens with one attached hydrogen (secondary N) is 2. The number of thioether (sulfide) groups is 1. The first-order valence-electron chi connectivity index (χ1n) is 8.74. The molecule has 4 N–H and O–H groups in total. The molecule has 27 heavy (non-hydrogen) atoms. The summed E-state index contributed by atoms with van der Waals surface area (Å²) in [6, 6.07) is 7.26. The smallest absolute Gasteiger partial charge is 0.232 e. The van der Waals surface area contributed by atoms with Crippen molar-refractivity contribution in [2.45, 2.75) is 42.5 Å². The standard InChI is InChI=1S/C17H19ClN8S/c18-11-5-7-12(8-6-11)20-16-22-13(21-15(19)24-16)9-27-17-23-14(25-26-17)10-3-1-2-4-10/h5-8,10H,1-4,9H2,(H,23,25,26)(H3,19,20,21,22,24). The molecule has 8 nitrogen and oxygen atoms in total. The van der Waals surface area contributed by atoms with Crippen LogP contribution in [0.25, 0.3) is 0 Å². The highest BCUT2D eigenvalue weighted by Crippen LogP contribution is 2.32. The number of anilines is 3. The van der Waals surface area contributed by atoms with E-state index in [1.165, 1.54) is 37.4 Å². The molecule has 2 aromatic heterocycles. The van der Waals surface area contributed by atoms with Gasteiger partial charge < -0.3 is 11.1 Å². The Labute approximate surface area is 165 Å². The van der Waals surface area contributed by atoms with Crippen LogP contribution in [-0.2, 0) is 5.75 Å². The Kier molecular flexibility index (Phi) is 5.40. The number of hydrogen-bond acceptors (Lipinski definition) is 8. The molecule has 0 aliphatic heterocycles. The second-order valence-corrected chi connectivity index (χ2v) is 7.72. The predicted octanol–water partition coefficient (Wildman–Crippen LogP) is 3.92. The molecule has 1 aromatic carbocycles. The van der Waals surface area contributed by atoms with Crippen molar-refractivity contribution in [2.24, 2.45) is 0 Å². The third kappa shape index (κ3) is 4.67. The first-order valence-corrected chi connectivity index (χ1v) is 10.1. The highest BCUT2D eigenvalue weighted by Gasteiger charge is 2.20. The van der Waals surface area contributed by atoms with Gasteiger partial charge in [0.15, 0.2) is 0 Å². The average molecular weight is 403 g/mol. The van der Waals surface area contributed by atoms with Gasteiger partial charge in [0.25, 0.3) is 0 Å². The van der Waals surface area contributed by atoms with Gasteiger partial charge in [0.05, 0.1) is 5.75 Å². The van der Waals surface area contributed by atoms with Crippen LogP contribution >= 0.6 is 23.4 Å². The Morgan fingerprint density at radius 1 is 1.11 bits per heavy atom. The van der Waals surface area contributed by atoms with E-state index in [1.807, 2.05) is 12.1 Å². The van der Waals surface area contributed by atoms with Crippen molar-refractivity contribution in [1.82, 2.24) is 30.1 Å². The van der Waals surface area contributed by atoms with E-state index in [-0.39, 0.29) is 5.95 Å². The van der Waals surface area contributed by atoms with Crippen LogP contribution in [0.2, 0.25) is 5.02 Å². The van der Waals surface area contributed by atoms with E-state index in [0.29, 0.717) is 33.6 Å². The van der Waals surface area contributed by atoms with Gasteiger partial charge in [-0.25, -0.2) is 4.98 Å². The number of nitrogens with zero attached hydrogens (tertiary/aromatic N) is 5. The molecule has 1 aliphatic carbocycles. The van der Waals surface area contributed by atoms with E-state index in [9.17, 15) is 0 Å². The van der Waals surface area contributed by atoms with Crippen molar-refractivity contribution in [3.8, 4) is 0 Å². The summed E-state index contributed by atoms with van der Waals surface area (Å²) in [7, 11) is 0. The van der Waals surface area contributed by atoms with E-state index < -0.39 is 0 Å². The molecule has 3 aromatic rings. The quantitative estimate of drug-likeness (QED) is 0.531. The molecule has 1 aliphatic rings. The maximum absolute atomic E-state index is 5.90. The van der Waals surface area contributed by atoms with Crippen molar-refractivity contribution in [3.63, 3.8) is 0 Å². The molecule has 0 saturated heterocycles. The maximum atomic E-state index is 5.90. The van der Waals surface area contributed by atoms with Gasteiger partial charge in [0, 0.05) is 16.6 Å². The third-order valence-electron chi connectivity index (χ3n) is 4.35. The van der Waals surface area contributed by atoms with Crippen LogP contribution in [-0.4, -0.2) is 30.1 Å². The third-order valence-corrected chi connectivity index (χ3v) is 5.45.